The molecule has 1 atom stereocenters. The van der Waals surface area contributed by atoms with Crippen molar-refractivity contribution in [2.75, 3.05) is 24.3 Å². The topological polar surface area (TPSA) is 45.2 Å². The van der Waals surface area contributed by atoms with Gasteiger partial charge < -0.3 is 5.32 Å². The molecule has 1 N–H and O–H groups in total. The van der Waals surface area contributed by atoms with Crippen LogP contribution in [0.3, 0.4) is 0 Å². The van der Waals surface area contributed by atoms with Crippen molar-refractivity contribution in [3.63, 3.8) is 0 Å². The summed E-state index contributed by atoms with van der Waals surface area (Å²) in [6.45, 7) is 0. The summed E-state index contributed by atoms with van der Waals surface area (Å²) >= 11 is 0. The highest BCUT2D eigenvalue weighted by Crippen LogP contribution is 2.48. The number of likely N-dealkylation sites (N-methyl/N-ethyl adjacent to an activating group) is 1. The molecule has 106 valence electrons. The number of rotatable bonds is 1. The van der Waals surface area contributed by atoms with Crippen LogP contribution in [0.2, 0.25) is 0 Å². The lowest BCUT2D eigenvalue weighted by atomic mass is 9.79. The lowest BCUT2D eigenvalue weighted by Gasteiger charge is -2.21. The number of carbonyl (C=O) groups excluding carboxylic acids is 1. The van der Waals surface area contributed by atoms with E-state index in [0.29, 0.717) is 0 Å². The zero-order valence-corrected chi connectivity index (χ0v) is 12.2. The number of nitrogens with one attached hydrogen (secondary N) is 1. The SMILES string of the molecule is CNc1ccc2c(c1)CC1(C2)C(=O)N(C)c2ncccc21. The third kappa shape index (κ3) is 1.50. The van der Waals surface area contributed by atoms with Gasteiger partial charge in [0.25, 0.3) is 0 Å². The molecule has 1 aliphatic heterocycles. The summed E-state index contributed by atoms with van der Waals surface area (Å²) in [5, 5.41) is 3.17. The quantitative estimate of drug-likeness (QED) is 0.870. The maximum Gasteiger partial charge on any atom is 0.239 e. The number of nitrogens with zero attached hydrogens (tertiary/aromatic N) is 2. The highest BCUT2D eigenvalue weighted by molar-refractivity contribution is 6.07. The van der Waals surface area contributed by atoms with Crippen LogP contribution in [0, 0.1) is 0 Å². The Hall–Kier alpha value is -2.36. The maximum absolute atomic E-state index is 12.9. The molecule has 2 aromatic rings. The Morgan fingerprint density at radius 1 is 1.24 bits per heavy atom. The van der Waals surface area contributed by atoms with Crippen LogP contribution >= 0.6 is 0 Å². The molecule has 0 fully saturated rings. The first-order chi connectivity index (χ1) is 10.2. The van der Waals surface area contributed by atoms with Crippen LogP contribution in [-0.4, -0.2) is 25.0 Å². The first-order valence-electron chi connectivity index (χ1n) is 7.19. The molecule has 1 unspecified atom stereocenters. The Morgan fingerprint density at radius 3 is 2.86 bits per heavy atom. The van der Waals surface area contributed by atoms with Crippen molar-refractivity contribution in [2.24, 2.45) is 0 Å². The Bertz CT molecular complexity index is 755. The van der Waals surface area contributed by atoms with E-state index >= 15 is 0 Å². The largest absolute Gasteiger partial charge is 0.388 e. The average Bonchev–Trinajstić information content (AvgIpc) is 3.00. The van der Waals surface area contributed by atoms with Crippen LogP contribution in [0.5, 0.6) is 0 Å². The van der Waals surface area contributed by atoms with E-state index < -0.39 is 5.41 Å². The van der Waals surface area contributed by atoms with E-state index in [1.165, 1.54) is 11.1 Å². The molecular formula is C17H17N3O. The fraction of sp³-hybridized carbons (Fsp3) is 0.294. The van der Waals surface area contributed by atoms with Gasteiger partial charge in [-0.15, -0.1) is 0 Å². The number of fused-ring (bicyclic) bond motifs is 3. The zero-order valence-electron chi connectivity index (χ0n) is 12.2. The maximum atomic E-state index is 12.9. The van der Waals surface area contributed by atoms with Crippen LogP contribution in [0.4, 0.5) is 11.5 Å². The number of aromatic nitrogens is 1. The molecule has 1 spiro atoms. The highest BCUT2D eigenvalue weighted by Gasteiger charge is 2.53. The molecular weight excluding hydrogens is 262 g/mol. The molecule has 2 heterocycles. The van der Waals surface area contributed by atoms with Gasteiger partial charge in [0, 0.05) is 31.5 Å². The van der Waals surface area contributed by atoms with Gasteiger partial charge in [-0.3, -0.25) is 9.69 Å². The van der Waals surface area contributed by atoms with Gasteiger partial charge in [0.1, 0.15) is 5.82 Å². The van der Waals surface area contributed by atoms with Crippen LogP contribution in [0.25, 0.3) is 0 Å². The van der Waals surface area contributed by atoms with Crippen molar-refractivity contribution in [3.05, 3.63) is 53.2 Å². The molecule has 4 nitrogen and oxygen atoms in total. The smallest absolute Gasteiger partial charge is 0.239 e. The van der Waals surface area contributed by atoms with Crippen LogP contribution in [-0.2, 0) is 23.1 Å². The Balaban J connectivity index is 1.86. The number of pyridine rings is 1. The lowest BCUT2D eigenvalue weighted by molar-refractivity contribution is -0.122. The molecule has 4 rings (SSSR count). The molecule has 21 heavy (non-hydrogen) atoms. The molecule has 4 heteroatoms. The third-order valence-corrected chi connectivity index (χ3v) is 4.81. The molecule has 1 aliphatic carbocycles. The van der Waals surface area contributed by atoms with Gasteiger partial charge in [-0.05, 0) is 42.2 Å². The second-order valence-electron chi connectivity index (χ2n) is 5.91. The predicted molar refractivity (Wildman–Crippen MR) is 82.7 cm³/mol. The number of amides is 1. The monoisotopic (exact) mass is 279 g/mol. The molecule has 1 aromatic heterocycles. The van der Waals surface area contributed by atoms with E-state index in [2.05, 4.69) is 34.6 Å². The summed E-state index contributed by atoms with van der Waals surface area (Å²) in [5.74, 6) is 0.975. The van der Waals surface area contributed by atoms with E-state index in [1.807, 2.05) is 20.2 Å². The molecule has 0 saturated heterocycles. The average molecular weight is 279 g/mol. The van der Waals surface area contributed by atoms with Crippen molar-refractivity contribution < 1.29 is 4.79 Å². The molecule has 0 saturated carbocycles. The fourth-order valence-electron chi connectivity index (χ4n) is 3.74. The summed E-state index contributed by atoms with van der Waals surface area (Å²) in [7, 11) is 3.74. The molecule has 0 bridgehead atoms. The standard InChI is InChI=1S/C17H17N3O/c1-18-13-6-5-11-9-17(10-12(11)8-13)14-4-3-7-19-15(14)20(2)16(17)21/h3-8,18H,9-10H2,1-2H3. The number of hydrogen-bond acceptors (Lipinski definition) is 3. The van der Waals surface area contributed by atoms with Crippen molar-refractivity contribution in [1.82, 2.24) is 4.98 Å². The van der Waals surface area contributed by atoms with Crippen molar-refractivity contribution >= 4 is 17.4 Å². The minimum atomic E-state index is -0.451. The van der Waals surface area contributed by atoms with Crippen molar-refractivity contribution in [3.8, 4) is 0 Å². The first-order valence-corrected chi connectivity index (χ1v) is 7.19. The summed E-state index contributed by atoms with van der Waals surface area (Å²) in [5.41, 5.74) is 4.25. The van der Waals surface area contributed by atoms with Gasteiger partial charge in [-0.2, -0.15) is 0 Å². The van der Waals surface area contributed by atoms with Gasteiger partial charge in [-0.25, -0.2) is 4.98 Å². The minimum absolute atomic E-state index is 0.165. The van der Waals surface area contributed by atoms with Gasteiger partial charge in [0.05, 0.1) is 5.41 Å². The summed E-state index contributed by atoms with van der Waals surface area (Å²) in [6, 6.07) is 10.3. The molecule has 2 aliphatic rings. The van der Waals surface area contributed by atoms with Gasteiger partial charge in [0.2, 0.25) is 5.91 Å². The predicted octanol–water partition coefficient (Wildman–Crippen LogP) is 2.14. The normalized spacial score (nSPS) is 22.6. The number of hydrogen-bond donors (Lipinski definition) is 1. The van der Waals surface area contributed by atoms with Crippen LogP contribution < -0.4 is 10.2 Å². The summed E-state index contributed by atoms with van der Waals surface area (Å²) in [4.78, 5) is 19.0. The molecule has 1 aromatic carbocycles. The van der Waals surface area contributed by atoms with E-state index in [4.69, 9.17) is 0 Å². The van der Waals surface area contributed by atoms with E-state index in [1.54, 1.807) is 11.1 Å². The lowest BCUT2D eigenvalue weighted by Crippen LogP contribution is -2.39. The Labute approximate surface area is 123 Å². The second kappa shape index (κ2) is 4.07. The van der Waals surface area contributed by atoms with Gasteiger partial charge in [0.15, 0.2) is 0 Å². The highest BCUT2D eigenvalue weighted by atomic mass is 16.2. The van der Waals surface area contributed by atoms with E-state index in [0.717, 1.165) is 29.9 Å². The molecule has 0 radical (unpaired) electrons. The molecule has 1 amide bonds. The van der Waals surface area contributed by atoms with E-state index in [9.17, 15) is 4.79 Å². The third-order valence-electron chi connectivity index (χ3n) is 4.81. The number of anilines is 2. The fourth-order valence-corrected chi connectivity index (χ4v) is 3.74. The number of benzene rings is 1. The van der Waals surface area contributed by atoms with Crippen molar-refractivity contribution in [2.45, 2.75) is 18.3 Å². The summed E-state index contributed by atoms with van der Waals surface area (Å²) in [6.07, 6.45) is 3.29. The number of carbonyl (C=O) groups is 1. The Kier molecular flexibility index (Phi) is 2.40. The zero-order chi connectivity index (χ0) is 14.6. The van der Waals surface area contributed by atoms with Crippen molar-refractivity contribution in [1.29, 1.82) is 0 Å². The van der Waals surface area contributed by atoms with Gasteiger partial charge in [-0.1, -0.05) is 12.1 Å². The Morgan fingerprint density at radius 2 is 2.05 bits per heavy atom. The minimum Gasteiger partial charge on any atom is -0.388 e. The van der Waals surface area contributed by atoms with Gasteiger partial charge >= 0.3 is 0 Å². The summed E-state index contributed by atoms with van der Waals surface area (Å²) < 4.78 is 0. The first kappa shape index (κ1) is 12.4. The second-order valence-corrected chi connectivity index (χ2v) is 5.91. The van der Waals surface area contributed by atoms with Crippen LogP contribution in [0.1, 0.15) is 16.7 Å². The van der Waals surface area contributed by atoms with Crippen LogP contribution in [0.15, 0.2) is 36.5 Å². The van der Waals surface area contributed by atoms with E-state index in [-0.39, 0.29) is 5.91 Å².